The van der Waals surface area contributed by atoms with Crippen molar-refractivity contribution in [3.63, 3.8) is 0 Å². The number of hydrogen-bond donors (Lipinski definition) is 1. The summed E-state index contributed by atoms with van der Waals surface area (Å²) < 4.78 is 1.000. The van der Waals surface area contributed by atoms with E-state index < -0.39 is 0 Å². The van der Waals surface area contributed by atoms with Gasteiger partial charge in [0.05, 0.1) is 22.0 Å². The van der Waals surface area contributed by atoms with E-state index in [4.69, 9.17) is 5.73 Å². The van der Waals surface area contributed by atoms with Gasteiger partial charge in [0.25, 0.3) is 0 Å². The second-order valence-electron chi connectivity index (χ2n) is 2.79. The van der Waals surface area contributed by atoms with Crippen LogP contribution in [0.1, 0.15) is 0 Å². The highest BCUT2D eigenvalue weighted by Crippen LogP contribution is 2.29. The number of aromatic nitrogens is 4. The van der Waals surface area contributed by atoms with Crippen molar-refractivity contribution in [2.75, 3.05) is 5.73 Å². The average molecular weight is 203 g/mol. The van der Waals surface area contributed by atoms with E-state index in [1.807, 2.05) is 6.07 Å². The van der Waals surface area contributed by atoms with Gasteiger partial charge in [0.1, 0.15) is 0 Å². The monoisotopic (exact) mass is 203 g/mol. The highest BCUT2D eigenvalue weighted by Gasteiger charge is 2.12. The van der Waals surface area contributed by atoms with Crippen molar-refractivity contribution >= 4 is 26.7 Å². The predicted molar refractivity (Wildman–Crippen MR) is 54.0 cm³/mol. The van der Waals surface area contributed by atoms with Crippen LogP contribution in [-0.2, 0) is 0 Å². The van der Waals surface area contributed by atoms with Crippen LogP contribution in [0.25, 0.3) is 21.6 Å². The molecule has 3 rings (SSSR count). The molecule has 2 N–H and O–H groups in total. The molecule has 6 heteroatoms. The van der Waals surface area contributed by atoms with Gasteiger partial charge in [-0.1, -0.05) is 11.3 Å². The Morgan fingerprint density at radius 1 is 1.36 bits per heavy atom. The summed E-state index contributed by atoms with van der Waals surface area (Å²) in [5.74, 6) is 0.602. The molecule has 1 aromatic heterocycles. The van der Waals surface area contributed by atoms with E-state index >= 15 is 0 Å². The number of nitrogen functional groups attached to an aromatic ring is 1. The number of nitrogens with zero attached hydrogens (tertiary/aromatic N) is 4. The first-order valence-corrected chi connectivity index (χ1v) is 4.78. The molecular formula is C8H5N5S. The highest BCUT2D eigenvalue weighted by atomic mass is 32.1. The zero-order valence-corrected chi connectivity index (χ0v) is 7.82. The first kappa shape index (κ1) is 7.57. The number of hydrogen-bond acceptors (Lipinski definition) is 6. The Morgan fingerprint density at radius 3 is 3.21 bits per heavy atom. The fraction of sp³-hybridized carbons (Fsp3) is 0. The summed E-state index contributed by atoms with van der Waals surface area (Å²) in [7, 11) is 0. The fourth-order valence-electron chi connectivity index (χ4n) is 1.35. The Bertz CT molecular complexity index is 575. The Hall–Kier alpha value is -1.82. The zero-order valence-electron chi connectivity index (χ0n) is 7.01. The summed E-state index contributed by atoms with van der Waals surface area (Å²) in [5.41, 5.74) is 7.31. The summed E-state index contributed by atoms with van der Waals surface area (Å²) in [4.78, 5) is 8.36. The van der Waals surface area contributed by atoms with Crippen molar-refractivity contribution < 1.29 is 0 Å². The number of rotatable bonds is 0. The number of fused-ring (bicyclic) bond motifs is 3. The molecule has 2 aliphatic heterocycles. The van der Waals surface area contributed by atoms with Gasteiger partial charge in [-0.2, -0.15) is 5.10 Å². The van der Waals surface area contributed by atoms with Crippen molar-refractivity contribution in [3.05, 3.63) is 18.5 Å². The molecule has 5 nitrogen and oxygen atoms in total. The van der Waals surface area contributed by atoms with Crippen LogP contribution in [-0.4, -0.2) is 20.2 Å². The minimum atomic E-state index is 0.550. The van der Waals surface area contributed by atoms with Crippen LogP contribution in [0.5, 0.6) is 0 Å². The van der Waals surface area contributed by atoms with E-state index in [1.165, 1.54) is 11.3 Å². The van der Waals surface area contributed by atoms with E-state index in [0.29, 0.717) is 11.0 Å². The van der Waals surface area contributed by atoms with Gasteiger partial charge in [-0.3, -0.25) is 0 Å². The molecule has 0 aromatic carbocycles. The van der Waals surface area contributed by atoms with Crippen molar-refractivity contribution in [1.82, 2.24) is 20.2 Å². The second kappa shape index (κ2) is 2.58. The smallest absolute Gasteiger partial charge is 0.185 e. The van der Waals surface area contributed by atoms with Gasteiger partial charge in [0.15, 0.2) is 11.0 Å². The van der Waals surface area contributed by atoms with E-state index in [9.17, 15) is 0 Å². The van der Waals surface area contributed by atoms with Crippen LogP contribution in [0.15, 0.2) is 18.5 Å². The molecule has 3 heterocycles. The molecular weight excluding hydrogens is 198 g/mol. The van der Waals surface area contributed by atoms with Crippen molar-refractivity contribution in [1.29, 1.82) is 0 Å². The summed E-state index contributed by atoms with van der Waals surface area (Å²) in [6.07, 6.45) is 3.35. The maximum absolute atomic E-state index is 5.64. The molecule has 0 bridgehead atoms. The minimum absolute atomic E-state index is 0.550. The van der Waals surface area contributed by atoms with Gasteiger partial charge in [0, 0.05) is 6.20 Å². The lowest BCUT2D eigenvalue weighted by atomic mass is 10.3. The second-order valence-corrected chi connectivity index (χ2v) is 3.85. The number of anilines is 1. The van der Waals surface area contributed by atoms with Crippen LogP contribution >= 0.6 is 11.3 Å². The molecule has 0 unspecified atom stereocenters. The van der Waals surface area contributed by atoms with Crippen LogP contribution in [0.2, 0.25) is 0 Å². The van der Waals surface area contributed by atoms with E-state index in [1.54, 1.807) is 12.4 Å². The minimum Gasteiger partial charge on any atom is -0.375 e. The normalized spacial score (nSPS) is 11.1. The van der Waals surface area contributed by atoms with E-state index in [0.717, 1.165) is 15.8 Å². The molecule has 0 atom stereocenters. The fourth-order valence-corrected chi connectivity index (χ4v) is 2.09. The molecule has 0 radical (unpaired) electrons. The Kier molecular flexibility index (Phi) is 1.40. The van der Waals surface area contributed by atoms with E-state index in [-0.39, 0.29) is 0 Å². The van der Waals surface area contributed by atoms with Gasteiger partial charge in [-0.05, 0) is 6.07 Å². The maximum atomic E-state index is 5.64. The van der Waals surface area contributed by atoms with Gasteiger partial charge in [0.2, 0.25) is 0 Å². The van der Waals surface area contributed by atoms with Gasteiger partial charge < -0.3 is 5.73 Å². The molecule has 68 valence electrons. The lowest BCUT2D eigenvalue weighted by molar-refractivity contribution is 1.07. The van der Waals surface area contributed by atoms with Gasteiger partial charge in [-0.15, -0.1) is 5.10 Å². The first-order valence-electron chi connectivity index (χ1n) is 3.97. The summed E-state index contributed by atoms with van der Waals surface area (Å²) in [6.45, 7) is 0. The standard InChI is InChI=1S/C8H5N5S/c9-8-12-6-4-3-11-13-7(4)10-2-1-5(6)14-8/h1-3H,(H2,9,12). The molecule has 0 saturated carbocycles. The predicted octanol–water partition coefficient (Wildman–Crippen LogP) is 1.17. The lowest BCUT2D eigenvalue weighted by Gasteiger charge is -1.85. The average Bonchev–Trinajstić information content (AvgIpc) is 2.70. The third-order valence-corrected chi connectivity index (χ3v) is 2.78. The molecule has 1 aromatic rings. The third kappa shape index (κ3) is 0.942. The largest absolute Gasteiger partial charge is 0.375 e. The van der Waals surface area contributed by atoms with E-state index in [2.05, 4.69) is 20.2 Å². The Morgan fingerprint density at radius 2 is 2.29 bits per heavy atom. The molecule has 14 heavy (non-hydrogen) atoms. The van der Waals surface area contributed by atoms with Crippen LogP contribution < -0.4 is 5.73 Å². The third-order valence-electron chi connectivity index (χ3n) is 1.93. The summed E-state index contributed by atoms with van der Waals surface area (Å²) in [5, 5.41) is 8.23. The van der Waals surface area contributed by atoms with Gasteiger partial charge in [-0.25, -0.2) is 9.97 Å². The van der Waals surface area contributed by atoms with Crippen molar-refractivity contribution in [2.45, 2.75) is 0 Å². The molecule has 0 fully saturated rings. The Labute approximate surface area is 83.0 Å². The SMILES string of the molecule is Nc1nc2c3cnnc-3nccc2s1. The molecule has 2 aliphatic rings. The molecule has 0 spiro atoms. The van der Waals surface area contributed by atoms with Crippen LogP contribution in [0.3, 0.4) is 0 Å². The zero-order chi connectivity index (χ0) is 9.54. The van der Waals surface area contributed by atoms with Crippen LogP contribution in [0.4, 0.5) is 5.13 Å². The van der Waals surface area contributed by atoms with Crippen LogP contribution in [0, 0.1) is 0 Å². The summed E-state index contributed by atoms with van der Waals surface area (Å²) >= 11 is 1.43. The number of nitrogens with two attached hydrogens (primary N) is 1. The topological polar surface area (TPSA) is 77.6 Å². The lowest BCUT2D eigenvalue weighted by Crippen LogP contribution is -1.81. The van der Waals surface area contributed by atoms with Crippen molar-refractivity contribution in [2.24, 2.45) is 0 Å². The molecule has 0 amide bonds. The number of thiazole rings is 1. The summed E-state index contributed by atoms with van der Waals surface area (Å²) in [6, 6.07) is 1.88. The quantitative estimate of drug-likeness (QED) is 0.593. The van der Waals surface area contributed by atoms with Crippen molar-refractivity contribution in [3.8, 4) is 11.4 Å². The first-order chi connectivity index (χ1) is 6.84. The van der Waals surface area contributed by atoms with Gasteiger partial charge >= 0.3 is 0 Å². The Balaban J connectivity index is 2.54. The maximum Gasteiger partial charge on any atom is 0.185 e. The highest BCUT2D eigenvalue weighted by molar-refractivity contribution is 7.22. The molecule has 0 aliphatic carbocycles. The molecule has 0 saturated heterocycles.